The molecule has 0 aromatic rings. The van der Waals surface area contributed by atoms with Crippen molar-refractivity contribution in [3.8, 4) is 0 Å². The zero-order chi connectivity index (χ0) is 11.4. The third kappa shape index (κ3) is 3.23. The number of carboxylic acids is 1. The van der Waals surface area contributed by atoms with E-state index in [2.05, 4.69) is 10.6 Å². The monoisotopic (exact) mass is 214 g/mol. The Hall–Kier alpha value is -1.59. The summed E-state index contributed by atoms with van der Waals surface area (Å²) in [6, 6.07) is -0.501. The predicted octanol–water partition coefficient (Wildman–Crippen LogP) is -0.898. The van der Waals surface area contributed by atoms with Gasteiger partial charge in [0, 0.05) is 13.0 Å². The highest BCUT2D eigenvalue weighted by atomic mass is 16.4. The number of hydrogen-bond acceptors (Lipinski definition) is 3. The van der Waals surface area contributed by atoms with Crippen molar-refractivity contribution in [2.75, 3.05) is 6.54 Å². The van der Waals surface area contributed by atoms with Crippen LogP contribution in [0, 0.1) is 5.92 Å². The number of carbonyl (C=O) groups excluding carboxylic acids is 2. The Labute approximate surface area is 87.0 Å². The number of aliphatic carboxylic acids is 1. The molecule has 3 N–H and O–H groups in total. The highest BCUT2D eigenvalue weighted by Gasteiger charge is 2.27. The minimum absolute atomic E-state index is 0.0839. The van der Waals surface area contributed by atoms with Crippen molar-refractivity contribution in [2.24, 2.45) is 5.92 Å². The van der Waals surface area contributed by atoms with E-state index in [1.165, 1.54) is 6.92 Å². The molecule has 2 amide bonds. The average Bonchev–Trinajstić information content (AvgIpc) is 2.60. The SMILES string of the molecule is CC(CNC(=O)C1CCC(=O)N1)C(=O)O. The number of amides is 2. The maximum atomic E-state index is 11.4. The molecule has 0 bridgehead atoms. The van der Waals surface area contributed by atoms with E-state index in [-0.39, 0.29) is 18.4 Å². The van der Waals surface area contributed by atoms with E-state index < -0.39 is 17.9 Å². The van der Waals surface area contributed by atoms with Gasteiger partial charge in [0.05, 0.1) is 5.92 Å². The molecule has 2 unspecified atom stereocenters. The Kier molecular flexibility index (Phi) is 3.65. The van der Waals surface area contributed by atoms with Gasteiger partial charge in [-0.05, 0) is 6.42 Å². The molecule has 1 rings (SSSR count). The Morgan fingerprint density at radius 1 is 1.67 bits per heavy atom. The fourth-order valence-electron chi connectivity index (χ4n) is 1.27. The number of hydrogen-bond donors (Lipinski definition) is 3. The van der Waals surface area contributed by atoms with Gasteiger partial charge in [-0.1, -0.05) is 6.92 Å². The van der Waals surface area contributed by atoms with Gasteiger partial charge >= 0.3 is 5.97 Å². The summed E-state index contributed by atoms with van der Waals surface area (Å²) in [5.41, 5.74) is 0. The molecule has 1 saturated heterocycles. The second kappa shape index (κ2) is 4.77. The summed E-state index contributed by atoms with van der Waals surface area (Å²) < 4.78 is 0. The van der Waals surface area contributed by atoms with Crippen molar-refractivity contribution < 1.29 is 19.5 Å². The normalized spacial score (nSPS) is 21.9. The molecule has 6 nitrogen and oxygen atoms in total. The van der Waals surface area contributed by atoms with Gasteiger partial charge < -0.3 is 15.7 Å². The molecule has 1 aliphatic rings. The van der Waals surface area contributed by atoms with Gasteiger partial charge in [-0.2, -0.15) is 0 Å². The van der Waals surface area contributed by atoms with Gasteiger partial charge in [-0.25, -0.2) is 0 Å². The quantitative estimate of drug-likeness (QED) is 0.565. The Morgan fingerprint density at radius 2 is 2.33 bits per heavy atom. The molecule has 0 aromatic heterocycles. The Bertz CT molecular complexity index is 290. The lowest BCUT2D eigenvalue weighted by atomic mass is 10.1. The molecule has 2 atom stereocenters. The molecule has 0 spiro atoms. The fourth-order valence-corrected chi connectivity index (χ4v) is 1.27. The molecule has 1 heterocycles. The molecule has 1 fully saturated rings. The molecular weight excluding hydrogens is 200 g/mol. The van der Waals surface area contributed by atoms with Gasteiger partial charge in [0.25, 0.3) is 0 Å². The number of rotatable bonds is 4. The minimum atomic E-state index is -0.953. The third-order valence-electron chi connectivity index (χ3n) is 2.32. The van der Waals surface area contributed by atoms with Crippen LogP contribution in [-0.2, 0) is 14.4 Å². The van der Waals surface area contributed by atoms with E-state index >= 15 is 0 Å². The van der Waals surface area contributed by atoms with Crippen LogP contribution in [0.4, 0.5) is 0 Å². The van der Waals surface area contributed by atoms with E-state index in [0.29, 0.717) is 12.8 Å². The summed E-state index contributed by atoms with van der Waals surface area (Å²) in [5.74, 6) is -2.02. The second-order valence-electron chi connectivity index (χ2n) is 3.64. The van der Waals surface area contributed by atoms with Crippen LogP contribution in [-0.4, -0.2) is 35.5 Å². The van der Waals surface area contributed by atoms with E-state index in [4.69, 9.17) is 5.11 Å². The summed E-state index contributed by atoms with van der Waals surface area (Å²) in [6.45, 7) is 1.59. The summed E-state index contributed by atoms with van der Waals surface area (Å²) >= 11 is 0. The lowest BCUT2D eigenvalue weighted by Gasteiger charge is -2.12. The molecule has 0 radical (unpaired) electrons. The van der Waals surface area contributed by atoms with E-state index in [1.54, 1.807) is 0 Å². The highest BCUT2D eigenvalue weighted by Crippen LogP contribution is 2.06. The van der Waals surface area contributed by atoms with Crippen molar-refractivity contribution >= 4 is 17.8 Å². The topological polar surface area (TPSA) is 95.5 Å². The van der Waals surface area contributed by atoms with Crippen LogP contribution in [0.25, 0.3) is 0 Å². The summed E-state index contributed by atoms with van der Waals surface area (Å²) in [6.07, 6.45) is 0.832. The van der Waals surface area contributed by atoms with E-state index in [1.807, 2.05) is 0 Å². The molecule has 0 aliphatic carbocycles. The van der Waals surface area contributed by atoms with Gasteiger partial charge in [0.15, 0.2) is 0 Å². The summed E-state index contributed by atoms with van der Waals surface area (Å²) in [7, 11) is 0. The maximum absolute atomic E-state index is 11.4. The number of carbonyl (C=O) groups is 3. The molecule has 1 aliphatic heterocycles. The third-order valence-corrected chi connectivity index (χ3v) is 2.32. The lowest BCUT2D eigenvalue weighted by molar-refractivity contribution is -0.141. The first-order valence-electron chi connectivity index (χ1n) is 4.80. The average molecular weight is 214 g/mol. The van der Waals surface area contributed by atoms with E-state index in [0.717, 1.165) is 0 Å². The fraction of sp³-hybridized carbons (Fsp3) is 0.667. The first-order valence-corrected chi connectivity index (χ1v) is 4.80. The van der Waals surface area contributed by atoms with Crippen LogP contribution >= 0.6 is 0 Å². The summed E-state index contributed by atoms with van der Waals surface area (Å²) in [5, 5.41) is 13.6. The molecule has 6 heteroatoms. The first kappa shape index (κ1) is 11.5. The van der Waals surface area contributed by atoms with Crippen LogP contribution in [0.15, 0.2) is 0 Å². The van der Waals surface area contributed by atoms with Gasteiger partial charge in [-0.15, -0.1) is 0 Å². The van der Waals surface area contributed by atoms with E-state index in [9.17, 15) is 14.4 Å². The van der Waals surface area contributed by atoms with Crippen LogP contribution in [0.5, 0.6) is 0 Å². The predicted molar refractivity (Wildman–Crippen MR) is 51.0 cm³/mol. The maximum Gasteiger partial charge on any atom is 0.308 e. The molecule has 0 saturated carbocycles. The Morgan fingerprint density at radius 3 is 2.80 bits per heavy atom. The molecular formula is C9H14N2O4. The zero-order valence-corrected chi connectivity index (χ0v) is 8.45. The van der Waals surface area contributed by atoms with Crippen molar-refractivity contribution in [3.63, 3.8) is 0 Å². The van der Waals surface area contributed by atoms with Gasteiger partial charge in [0.2, 0.25) is 11.8 Å². The largest absolute Gasteiger partial charge is 0.481 e. The minimum Gasteiger partial charge on any atom is -0.481 e. The van der Waals surface area contributed by atoms with Crippen LogP contribution in [0.3, 0.4) is 0 Å². The van der Waals surface area contributed by atoms with Crippen molar-refractivity contribution in [1.29, 1.82) is 0 Å². The van der Waals surface area contributed by atoms with Crippen molar-refractivity contribution in [2.45, 2.75) is 25.8 Å². The van der Waals surface area contributed by atoms with Crippen LogP contribution in [0.2, 0.25) is 0 Å². The molecule has 0 aromatic carbocycles. The highest BCUT2D eigenvalue weighted by molar-refractivity contribution is 5.90. The molecule has 15 heavy (non-hydrogen) atoms. The smallest absolute Gasteiger partial charge is 0.308 e. The molecule has 84 valence electrons. The second-order valence-corrected chi connectivity index (χ2v) is 3.64. The lowest BCUT2D eigenvalue weighted by Crippen LogP contribution is -2.43. The number of nitrogens with one attached hydrogen (secondary N) is 2. The van der Waals surface area contributed by atoms with Crippen molar-refractivity contribution in [3.05, 3.63) is 0 Å². The number of carboxylic acid groups (broad SMARTS) is 1. The van der Waals surface area contributed by atoms with Crippen LogP contribution in [0.1, 0.15) is 19.8 Å². The van der Waals surface area contributed by atoms with Crippen LogP contribution < -0.4 is 10.6 Å². The van der Waals surface area contributed by atoms with Gasteiger partial charge in [-0.3, -0.25) is 14.4 Å². The zero-order valence-electron chi connectivity index (χ0n) is 8.45. The first-order chi connectivity index (χ1) is 7.00. The van der Waals surface area contributed by atoms with Gasteiger partial charge in [0.1, 0.15) is 6.04 Å². The van der Waals surface area contributed by atoms with Crippen molar-refractivity contribution in [1.82, 2.24) is 10.6 Å². The standard InChI is InChI=1S/C9H14N2O4/c1-5(9(14)15)4-10-8(13)6-2-3-7(12)11-6/h5-6H,2-4H2,1H3,(H,10,13)(H,11,12)(H,14,15). The summed E-state index contributed by atoms with van der Waals surface area (Å²) in [4.78, 5) is 32.7. The Balaban J connectivity index is 2.30.